The van der Waals surface area contributed by atoms with Crippen molar-refractivity contribution in [1.29, 1.82) is 0 Å². The highest BCUT2D eigenvalue weighted by Gasteiger charge is 2.27. The van der Waals surface area contributed by atoms with Gasteiger partial charge >= 0.3 is 6.03 Å². The van der Waals surface area contributed by atoms with Crippen LogP contribution in [-0.2, 0) is 11.2 Å². The number of aryl methyl sites for hydroxylation is 1. The number of hydrogen-bond donors (Lipinski definition) is 1. The maximum atomic E-state index is 12.6. The number of benzene rings is 1. The Kier molecular flexibility index (Phi) is 5.65. The Morgan fingerprint density at radius 1 is 1.40 bits per heavy atom. The molecule has 1 saturated heterocycles. The van der Waals surface area contributed by atoms with Gasteiger partial charge in [0.15, 0.2) is 5.82 Å². The van der Waals surface area contributed by atoms with E-state index in [1.54, 1.807) is 11.8 Å². The van der Waals surface area contributed by atoms with Gasteiger partial charge in [-0.05, 0) is 12.0 Å². The van der Waals surface area contributed by atoms with E-state index in [0.29, 0.717) is 37.8 Å². The lowest BCUT2D eigenvalue weighted by molar-refractivity contribution is -0.0137. The summed E-state index contributed by atoms with van der Waals surface area (Å²) in [4.78, 5) is 18.6. The molecule has 0 saturated carbocycles. The first-order valence-corrected chi connectivity index (χ1v) is 8.67. The van der Waals surface area contributed by atoms with Crippen LogP contribution in [0.4, 0.5) is 4.79 Å². The van der Waals surface area contributed by atoms with Gasteiger partial charge in [0, 0.05) is 26.4 Å². The van der Waals surface area contributed by atoms with Crippen molar-refractivity contribution >= 4 is 6.03 Å². The fourth-order valence-corrected chi connectivity index (χ4v) is 2.95. The molecule has 1 aliphatic heterocycles. The van der Waals surface area contributed by atoms with Crippen LogP contribution in [0.2, 0.25) is 0 Å². The fourth-order valence-electron chi connectivity index (χ4n) is 2.95. The summed E-state index contributed by atoms with van der Waals surface area (Å²) in [5.74, 6) is 1.01. The minimum absolute atomic E-state index is 0.00870. The standard InChI is InChI=1S/C18H24N4O3/c1-3-16(17-19-13(2)25-21-17)20-18(23)22-9-10-24-15(12-22)11-14-7-5-4-6-8-14/h4-8,15-16H,3,9-12H2,1-2H3,(H,20,23)/t15-,16+/m1/s1. The molecule has 1 aromatic carbocycles. The molecule has 1 aromatic heterocycles. The molecule has 25 heavy (non-hydrogen) atoms. The van der Waals surface area contributed by atoms with Crippen LogP contribution in [0.1, 0.15) is 36.7 Å². The van der Waals surface area contributed by atoms with Gasteiger partial charge in [-0.25, -0.2) is 4.79 Å². The van der Waals surface area contributed by atoms with Crippen molar-refractivity contribution < 1.29 is 14.1 Å². The number of rotatable bonds is 5. The molecule has 7 heteroatoms. The lowest BCUT2D eigenvalue weighted by atomic mass is 10.1. The summed E-state index contributed by atoms with van der Waals surface area (Å²) in [6, 6.07) is 9.82. The third-order valence-corrected chi connectivity index (χ3v) is 4.29. The number of nitrogens with zero attached hydrogens (tertiary/aromatic N) is 3. The average molecular weight is 344 g/mol. The molecule has 0 radical (unpaired) electrons. The van der Waals surface area contributed by atoms with Gasteiger partial charge in [0.05, 0.1) is 18.8 Å². The summed E-state index contributed by atoms with van der Waals surface area (Å²) >= 11 is 0. The molecule has 134 valence electrons. The first-order chi connectivity index (χ1) is 12.2. The van der Waals surface area contributed by atoms with Crippen molar-refractivity contribution in [2.75, 3.05) is 19.7 Å². The predicted octanol–water partition coefficient (Wildman–Crippen LogP) is 2.48. The maximum absolute atomic E-state index is 12.6. The van der Waals surface area contributed by atoms with Crippen molar-refractivity contribution in [3.63, 3.8) is 0 Å². The van der Waals surface area contributed by atoms with Crippen molar-refractivity contribution in [3.05, 3.63) is 47.6 Å². The van der Waals surface area contributed by atoms with Gasteiger partial charge in [0.1, 0.15) is 0 Å². The smallest absolute Gasteiger partial charge is 0.318 e. The highest BCUT2D eigenvalue weighted by atomic mass is 16.5. The van der Waals surface area contributed by atoms with E-state index in [1.165, 1.54) is 5.56 Å². The molecule has 0 unspecified atom stereocenters. The molecule has 2 atom stereocenters. The Hall–Kier alpha value is -2.41. The van der Waals surface area contributed by atoms with Gasteiger partial charge in [-0.2, -0.15) is 4.98 Å². The highest BCUT2D eigenvalue weighted by Crippen LogP contribution is 2.16. The third-order valence-electron chi connectivity index (χ3n) is 4.29. The van der Waals surface area contributed by atoms with E-state index in [1.807, 2.05) is 25.1 Å². The van der Waals surface area contributed by atoms with Crippen LogP contribution in [0.15, 0.2) is 34.9 Å². The van der Waals surface area contributed by atoms with E-state index in [2.05, 4.69) is 27.6 Å². The number of carbonyl (C=O) groups is 1. The zero-order chi connectivity index (χ0) is 17.6. The molecule has 2 heterocycles. The molecule has 3 rings (SSSR count). The van der Waals surface area contributed by atoms with Gasteiger partial charge in [0.2, 0.25) is 5.89 Å². The SMILES string of the molecule is CC[C@H](NC(=O)N1CCO[C@H](Cc2ccccc2)C1)c1noc(C)n1. The van der Waals surface area contributed by atoms with E-state index in [9.17, 15) is 4.79 Å². The Morgan fingerprint density at radius 2 is 2.20 bits per heavy atom. The molecule has 1 fully saturated rings. The summed E-state index contributed by atoms with van der Waals surface area (Å²) in [5.41, 5.74) is 1.21. The van der Waals surface area contributed by atoms with Crippen LogP contribution in [0, 0.1) is 6.92 Å². The van der Waals surface area contributed by atoms with Crippen LogP contribution in [-0.4, -0.2) is 46.9 Å². The Labute approximate surface area is 147 Å². The first kappa shape index (κ1) is 17.4. The number of urea groups is 1. The molecule has 0 spiro atoms. The van der Waals surface area contributed by atoms with E-state index in [-0.39, 0.29) is 18.2 Å². The number of nitrogens with one attached hydrogen (secondary N) is 1. The van der Waals surface area contributed by atoms with Crippen molar-refractivity contribution in [1.82, 2.24) is 20.4 Å². The minimum Gasteiger partial charge on any atom is -0.374 e. The quantitative estimate of drug-likeness (QED) is 0.901. The zero-order valence-corrected chi connectivity index (χ0v) is 14.6. The number of carbonyl (C=O) groups excluding carboxylic acids is 1. The zero-order valence-electron chi connectivity index (χ0n) is 14.6. The molecule has 2 aromatic rings. The van der Waals surface area contributed by atoms with Gasteiger partial charge in [0.25, 0.3) is 0 Å². The average Bonchev–Trinajstić information content (AvgIpc) is 3.07. The normalized spacial score (nSPS) is 18.8. The third kappa shape index (κ3) is 4.57. The number of aromatic nitrogens is 2. The molecule has 0 aliphatic carbocycles. The number of hydrogen-bond acceptors (Lipinski definition) is 5. The van der Waals surface area contributed by atoms with Crippen molar-refractivity contribution in [2.45, 2.75) is 38.8 Å². The Bertz CT molecular complexity index is 689. The Balaban J connectivity index is 1.57. The predicted molar refractivity (Wildman–Crippen MR) is 92.1 cm³/mol. The van der Waals surface area contributed by atoms with Crippen LogP contribution >= 0.6 is 0 Å². The second-order valence-corrected chi connectivity index (χ2v) is 6.21. The van der Waals surface area contributed by atoms with Crippen LogP contribution in [0.3, 0.4) is 0 Å². The molecule has 1 N–H and O–H groups in total. The van der Waals surface area contributed by atoms with Crippen molar-refractivity contribution in [2.24, 2.45) is 0 Å². The van der Waals surface area contributed by atoms with Gasteiger partial charge < -0.3 is 19.5 Å². The molecular formula is C18H24N4O3. The van der Waals surface area contributed by atoms with Crippen LogP contribution in [0.25, 0.3) is 0 Å². The van der Waals surface area contributed by atoms with Crippen LogP contribution in [0.5, 0.6) is 0 Å². The van der Waals surface area contributed by atoms with E-state index < -0.39 is 0 Å². The van der Waals surface area contributed by atoms with Gasteiger partial charge in [-0.3, -0.25) is 0 Å². The van der Waals surface area contributed by atoms with E-state index in [0.717, 1.165) is 6.42 Å². The summed E-state index contributed by atoms with van der Waals surface area (Å²) in [7, 11) is 0. The summed E-state index contributed by atoms with van der Waals surface area (Å²) in [6.45, 7) is 5.42. The first-order valence-electron chi connectivity index (χ1n) is 8.67. The maximum Gasteiger partial charge on any atom is 0.318 e. The van der Waals surface area contributed by atoms with E-state index in [4.69, 9.17) is 9.26 Å². The van der Waals surface area contributed by atoms with Crippen molar-refractivity contribution in [3.8, 4) is 0 Å². The summed E-state index contributed by atoms with van der Waals surface area (Å²) < 4.78 is 10.8. The lowest BCUT2D eigenvalue weighted by Crippen LogP contribution is -2.50. The minimum atomic E-state index is -0.250. The second-order valence-electron chi connectivity index (χ2n) is 6.21. The molecule has 7 nitrogen and oxygen atoms in total. The molecule has 2 amide bonds. The molecular weight excluding hydrogens is 320 g/mol. The highest BCUT2D eigenvalue weighted by molar-refractivity contribution is 5.74. The van der Waals surface area contributed by atoms with E-state index >= 15 is 0 Å². The number of amides is 2. The van der Waals surface area contributed by atoms with Crippen LogP contribution < -0.4 is 5.32 Å². The number of ether oxygens (including phenoxy) is 1. The molecule has 0 bridgehead atoms. The lowest BCUT2D eigenvalue weighted by Gasteiger charge is -2.33. The monoisotopic (exact) mass is 344 g/mol. The van der Waals surface area contributed by atoms with Gasteiger partial charge in [-0.1, -0.05) is 42.4 Å². The topological polar surface area (TPSA) is 80.5 Å². The summed E-state index contributed by atoms with van der Waals surface area (Å²) in [6.07, 6.45) is 1.50. The Morgan fingerprint density at radius 3 is 2.88 bits per heavy atom. The largest absolute Gasteiger partial charge is 0.374 e. The fraction of sp³-hybridized carbons (Fsp3) is 0.500. The number of morpholine rings is 1. The summed E-state index contributed by atoms with van der Waals surface area (Å²) in [5, 5.41) is 6.91. The molecule has 1 aliphatic rings. The second kappa shape index (κ2) is 8.11. The van der Waals surface area contributed by atoms with Gasteiger partial charge in [-0.15, -0.1) is 0 Å².